The van der Waals surface area contributed by atoms with E-state index in [1.54, 1.807) is 11.0 Å². The minimum atomic E-state index is -0.905. The third kappa shape index (κ3) is 7.55. The van der Waals surface area contributed by atoms with E-state index in [-0.39, 0.29) is 24.9 Å². The molecule has 240 valence electrons. The highest BCUT2D eigenvalue weighted by molar-refractivity contribution is 6.04. The van der Waals surface area contributed by atoms with Crippen molar-refractivity contribution in [1.29, 1.82) is 0 Å². The molecule has 0 radical (unpaired) electrons. The van der Waals surface area contributed by atoms with Crippen LogP contribution >= 0.6 is 0 Å². The Morgan fingerprint density at radius 3 is 2.21 bits per heavy atom. The first-order chi connectivity index (χ1) is 22.9. The van der Waals surface area contributed by atoms with Crippen LogP contribution < -0.4 is 25.6 Å². The highest BCUT2D eigenvalue weighted by Crippen LogP contribution is 2.40. The first-order valence-electron chi connectivity index (χ1n) is 16.2. The molecule has 0 aromatic heterocycles. The van der Waals surface area contributed by atoms with Crippen molar-refractivity contribution >= 4 is 34.8 Å². The number of amides is 3. The van der Waals surface area contributed by atoms with E-state index >= 15 is 0 Å². The lowest BCUT2D eigenvalue weighted by atomic mass is 9.84. The Morgan fingerprint density at radius 1 is 0.872 bits per heavy atom. The van der Waals surface area contributed by atoms with Gasteiger partial charge in [-0.3, -0.25) is 14.4 Å². The van der Waals surface area contributed by atoms with Crippen molar-refractivity contribution < 1.29 is 19.1 Å². The molecule has 3 N–H and O–H groups in total. The fourth-order valence-electron chi connectivity index (χ4n) is 6.33. The maximum absolute atomic E-state index is 14.6. The number of carbonyl (C=O) groups is 3. The molecule has 47 heavy (non-hydrogen) atoms. The van der Waals surface area contributed by atoms with Crippen LogP contribution in [-0.4, -0.2) is 30.3 Å². The molecule has 1 aliphatic carbocycles. The Morgan fingerprint density at radius 2 is 1.53 bits per heavy atom. The minimum absolute atomic E-state index is 0.206. The topological polar surface area (TPSA) is 105 Å². The molecule has 2 aliphatic rings. The van der Waals surface area contributed by atoms with Crippen LogP contribution in [0.25, 0.3) is 0 Å². The van der Waals surface area contributed by atoms with Crippen molar-refractivity contribution in [2.24, 2.45) is 23.5 Å². The lowest BCUT2D eigenvalue weighted by molar-refractivity contribution is -0.135. The maximum Gasteiger partial charge on any atom is 0.251 e. The Kier molecular flexibility index (Phi) is 9.67. The fraction of sp³-hybridized carbons (Fsp3) is 0.256. The summed E-state index contributed by atoms with van der Waals surface area (Å²) < 4.78 is 6.09. The number of primary amides is 1. The average Bonchev–Trinajstić information content (AvgIpc) is 3.93. The number of hydrogen-bond acceptors (Lipinski definition) is 5. The van der Waals surface area contributed by atoms with Crippen LogP contribution in [-0.2, 0) is 20.9 Å². The third-order valence-corrected chi connectivity index (χ3v) is 8.89. The number of carbonyl (C=O) groups excluding carboxylic acids is 3. The van der Waals surface area contributed by atoms with E-state index in [4.69, 9.17) is 10.5 Å². The van der Waals surface area contributed by atoms with Crippen LogP contribution in [0.1, 0.15) is 31.2 Å². The van der Waals surface area contributed by atoms with Gasteiger partial charge in [-0.2, -0.15) is 0 Å². The number of nitrogens with zero attached hydrogens (tertiary/aromatic N) is 2. The quantitative estimate of drug-likeness (QED) is 0.160. The second-order valence-electron chi connectivity index (χ2n) is 12.3. The molecule has 1 saturated carbocycles. The van der Waals surface area contributed by atoms with Gasteiger partial charge in [-0.15, -0.1) is 6.58 Å². The zero-order chi connectivity index (χ0) is 32.8. The molecule has 0 bridgehead atoms. The Balaban J connectivity index is 1.35. The van der Waals surface area contributed by atoms with Crippen LogP contribution in [0.5, 0.6) is 11.5 Å². The molecule has 3 unspecified atom stereocenters. The fourth-order valence-corrected chi connectivity index (χ4v) is 6.33. The van der Waals surface area contributed by atoms with E-state index in [1.165, 1.54) is 0 Å². The van der Waals surface area contributed by atoms with E-state index in [0.29, 0.717) is 30.3 Å². The van der Waals surface area contributed by atoms with Gasteiger partial charge in [-0.05, 0) is 72.9 Å². The lowest BCUT2D eigenvalue weighted by Crippen LogP contribution is -2.54. The van der Waals surface area contributed by atoms with Crippen LogP contribution in [0.2, 0.25) is 0 Å². The minimum Gasteiger partial charge on any atom is -0.457 e. The molecule has 1 fully saturated rings. The summed E-state index contributed by atoms with van der Waals surface area (Å²) in [4.78, 5) is 45.1. The number of fused-ring (bicyclic) bond motifs is 1. The zero-order valence-electron chi connectivity index (χ0n) is 26.3. The van der Waals surface area contributed by atoms with Gasteiger partial charge in [-0.25, -0.2) is 0 Å². The molecule has 1 aliphatic heterocycles. The summed E-state index contributed by atoms with van der Waals surface area (Å²) >= 11 is 0. The van der Waals surface area contributed by atoms with Crippen molar-refractivity contribution in [3.8, 4) is 11.5 Å². The summed E-state index contributed by atoms with van der Waals surface area (Å²) in [5.74, 6) is -0.719. The highest BCUT2D eigenvalue weighted by atomic mass is 16.5. The number of para-hydroxylation sites is 4. The van der Waals surface area contributed by atoms with E-state index < -0.39 is 23.8 Å². The lowest BCUT2D eigenvalue weighted by Gasteiger charge is -2.29. The standard InChI is InChI=1S/C39H40N4O4/c1-2-12-32(37(40)44)33(24-27-21-22-27)38(45)41-34-26-42(29-14-5-3-6-15-29)35-19-9-10-20-36(35)43(39(34)46)25-28-13-11-18-31(23-28)47-30-16-7-4-8-17-30/h2-11,13-20,23,27,32-34H,1,12,21-22,24-26H2,(H2,40,44)(H,41,45). The maximum atomic E-state index is 14.6. The van der Waals surface area contributed by atoms with Crippen molar-refractivity contribution in [3.63, 3.8) is 0 Å². The predicted molar refractivity (Wildman–Crippen MR) is 184 cm³/mol. The Hall–Kier alpha value is -5.37. The SMILES string of the molecule is C=CCC(C(N)=O)C(CC1CC1)C(=O)NC1CN(c2ccccc2)c2ccccc2N(Cc2cccc(Oc3ccccc3)c2)C1=O. The first kappa shape index (κ1) is 31.6. The molecular formula is C39H40N4O4. The van der Waals surface area contributed by atoms with E-state index in [2.05, 4.69) is 16.8 Å². The van der Waals surface area contributed by atoms with Crippen molar-refractivity contribution in [3.05, 3.63) is 127 Å². The van der Waals surface area contributed by atoms with Crippen LogP contribution in [0.4, 0.5) is 17.1 Å². The number of ether oxygens (including phenoxy) is 1. The summed E-state index contributed by atoms with van der Waals surface area (Å²) in [5.41, 5.74) is 9.14. The predicted octanol–water partition coefficient (Wildman–Crippen LogP) is 6.74. The zero-order valence-corrected chi connectivity index (χ0v) is 26.3. The number of anilines is 3. The van der Waals surface area contributed by atoms with Gasteiger partial charge in [0.25, 0.3) is 5.91 Å². The van der Waals surface area contributed by atoms with Gasteiger partial charge in [0.05, 0.1) is 36.3 Å². The van der Waals surface area contributed by atoms with Crippen molar-refractivity contribution in [2.75, 3.05) is 16.3 Å². The molecule has 4 aromatic carbocycles. The molecule has 8 nitrogen and oxygen atoms in total. The largest absolute Gasteiger partial charge is 0.457 e. The number of allylic oxidation sites excluding steroid dienone is 1. The Labute approximate surface area is 275 Å². The summed E-state index contributed by atoms with van der Waals surface area (Å²) in [5, 5.41) is 3.09. The molecule has 4 aromatic rings. The summed E-state index contributed by atoms with van der Waals surface area (Å²) in [7, 11) is 0. The van der Waals surface area contributed by atoms with Crippen molar-refractivity contribution in [2.45, 2.75) is 38.3 Å². The van der Waals surface area contributed by atoms with E-state index in [0.717, 1.165) is 35.5 Å². The van der Waals surface area contributed by atoms with Crippen LogP contribution in [0.3, 0.4) is 0 Å². The summed E-state index contributed by atoms with van der Waals surface area (Å²) in [6, 6.07) is 33.9. The number of rotatable bonds is 13. The second-order valence-corrected chi connectivity index (χ2v) is 12.3. The normalized spacial score (nSPS) is 17.2. The van der Waals surface area contributed by atoms with Gasteiger partial charge in [0.2, 0.25) is 11.8 Å². The van der Waals surface area contributed by atoms with Gasteiger partial charge < -0.3 is 25.6 Å². The molecule has 6 rings (SSSR count). The van der Waals surface area contributed by atoms with Gasteiger partial charge >= 0.3 is 0 Å². The number of nitrogens with two attached hydrogens (primary N) is 1. The Bertz CT molecular complexity index is 1720. The average molecular weight is 629 g/mol. The second kappa shape index (κ2) is 14.4. The highest BCUT2D eigenvalue weighted by Gasteiger charge is 2.40. The van der Waals surface area contributed by atoms with Gasteiger partial charge in [0, 0.05) is 5.69 Å². The summed E-state index contributed by atoms with van der Waals surface area (Å²) in [6.45, 7) is 4.25. The van der Waals surface area contributed by atoms with E-state index in [1.807, 2.05) is 109 Å². The van der Waals surface area contributed by atoms with Gasteiger partial charge in [0.1, 0.15) is 17.5 Å². The first-order valence-corrected chi connectivity index (χ1v) is 16.2. The molecule has 1 heterocycles. The molecule has 0 saturated heterocycles. The van der Waals surface area contributed by atoms with Gasteiger partial charge in [0.15, 0.2) is 0 Å². The van der Waals surface area contributed by atoms with Crippen LogP contribution in [0, 0.1) is 17.8 Å². The third-order valence-electron chi connectivity index (χ3n) is 8.89. The van der Waals surface area contributed by atoms with Crippen LogP contribution in [0.15, 0.2) is 122 Å². The monoisotopic (exact) mass is 628 g/mol. The van der Waals surface area contributed by atoms with E-state index in [9.17, 15) is 14.4 Å². The summed E-state index contributed by atoms with van der Waals surface area (Å²) in [6.07, 6.45) is 4.51. The number of benzene rings is 4. The molecule has 3 atom stereocenters. The molecule has 0 spiro atoms. The number of nitrogens with one attached hydrogen (secondary N) is 1. The smallest absolute Gasteiger partial charge is 0.251 e. The molecular weight excluding hydrogens is 588 g/mol. The molecule has 8 heteroatoms. The molecule has 3 amide bonds. The van der Waals surface area contributed by atoms with Gasteiger partial charge in [-0.1, -0.05) is 79.6 Å². The number of hydrogen-bond donors (Lipinski definition) is 2. The van der Waals surface area contributed by atoms with Crippen molar-refractivity contribution in [1.82, 2.24) is 5.32 Å².